The van der Waals surface area contributed by atoms with Crippen LogP contribution in [0.3, 0.4) is 0 Å². The zero-order valence-electron chi connectivity index (χ0n) is 12.6. The van der Waals surface area contributed by atoms with Crippen LogP contribution in [0.2, 0.25) is 0 Å². The Hall–Kier alpha value is -1.04. The summed E-state index contributed by atoms with van der Waals surface area (Å²) in [5, 5.41) is 7.45. The van der Waals surface area contributed by atoms with Gasteiger partial charge in [-0.15, -0.1) is 5.10 Å². The molecule has 0 aliphatic heterocycles. The number of nitrogens with one attached hydrogen (secondary N) is 1. The van der Waals surface area contributed by atoms with Crippen molar-refractivity contribution in [2.75, 3.05) is 0 Å². The standard InChI is InChI=1S/C13H24N4OS/c1-7-11-14-13(16-15-11)19-10(6)12(18)17(8(2)3)9(4)5/h8-10H,7H2,1-6H3,(H,14,15,16)/t10-/m0/s1. The van der Waals surface area contributed by atoms with Crippen molar-refractivity contribution in [2.45, 2.75) is 70.5 Å². The minimum atomic E-state index is -0.176. The van der Waals surface area contributed by atoms with Crippen LogP contribution in [0.1, 0.15) is 47.4 Å². The molecule has 0 aliphatic rings. The number of aryl methyl sites for hydroxylation is 1. The second-order valence-electron chi connectivity index (χ2n) is 5.11. The number of nitrogens with zero attached hydrogens (tertiary/aromatic N) is 3. The van der Waals surface area contributed by atoms with Gasteiger partial charge in [0.25, 0.3) is 0 Å². The first-order valence-corrected chi connectivity index (χ1v) is 7.64. The zero-order valence-corrected chi connectivity index (χ0v) is 13.4. The number of carbonyl (C=O) groups is 1. The summed E-state index contributed by atoms with van der Waals surface area (Å²) in [6.45, 7) is 12.1. The van der Waals surface area contributed by atoms with E-state index in [1.54, 1.807) is 0 Å². The zero-order chi connectivity index (χ0) is 14.6. The van der Waals surface area contributed by atoms with Crippen LogP contribution in [0.5, 0.6) is 0 Å². The van der Waals surface area contributed by atoms with Crippen LogP contribution in [0.25, 0.3) is 0 Å². The lowest BCUT2D eigenvalue weighted by molar-refractivity contribution is -0.133. The fraction of sp³-hybridized carbons (Fsp3) is 0.769. The van der Waals surface area contributed by atoms with Gasteiger partial charge < -0.3 is 4.90 Å². The van der Waals surface area contributed by atoms with E-state index in [-0.39, 0.29) is 23.2 Å². The van der Waals surface area contributed by atoms with Crippen molar-refractivity contribution in [3.63, 3.8) is 0 Å². The first kappa shape index (κ1) is 16.0. The van der Waals surface area contributed by atoms with Gasteiger partial charge in [-0.25, -0.2) is 4.98 Å². The monoisotopic (exact) mass is 284 g/mol. The Bertz CT molecular complexity index is 409. The van der Waals surface area contributed by atoms with Crippen LogP contribution in [0, 0.1) is 0 Å². The average molecular weight is 284 g/mol. The highest BCUT2D eigenvalue weighted by atomic mass is 32.2. The van der Waals surface area contributed by atoms with Gasteiger partial charge in [-0.2, -0.15) is 0 Å². The van der Waals surface area contributed by atoms with Gasteiger partial charge in [-0.05, 0) is 34.6 Å². The number of amides is 1. The fourth-order valence-electron chi connectivity index (χ4n) is 2.01. The van der Waals surface area contributed by atoms with E-state index in [1.165, 1.54) is 11.8 Å². The summed E-state index contributed by atoms with van der Waals surface area (Å²) in [6.07, 6.45) is 0.819. The molecule has 0 aromatic carbocycles. The predicted molar refractivity (Wildman–Crippen MR) is 78.2 cm³/mol. The average Bonchev–Trinajstić information content (AvgIpc) is 2.75. The molecular weight excluding hydrogens is 260 g/mol. The van der Waals surface area contributed by atoms with E-state index in [1.807, 2.05) is 46.4 Å². The predicted octanol–water partition coefficient (Wildman–Crippen LogP) is 2.49. The van der Waals surface area contributed by atoms with Crippen molar-refractivity contribution in [1.29, 1.82) is 0 Å². The van der Waals surface area contributed by atoms with Crippen molar-refractivity contribution in [1.82, 2.24) is 20.1 Å². The molecule has 0 bridgehead atoms. The highest BCUT2D eigenvalue weighted by Crippen LogP contribution is 2.22. The number of hydrogen-bond acceptors (Lipinski definition) is 4. The number of thioether (sulfide) groups is 1. The third-order valence-electron chi connectivity index (χ3n) is 2.84. The van der Waals surface area contributed by atoms with E-state index in [0.29, 0.717) is 5.16 Å². The first-order chi connectivity index (χ1) is 8.86. The molecule has 19 heavy (non-hydrogen) atoms. The third kappa shape index (κ3) is 4.23. The van der Waals surface area contributed by atoms with E-state index in [4.69, 9.17) is 0 Å². The molecule has 1 atom stereocenters. The Labute approximate surface area is 119 Å². The summed E-state index contributed by atoms with van der Waals surface area (Å²) < 4.78 is 0. The van der Waals surface area contributed by atoms with Gasteiger partial charge >= 0.3 is 0 Å². The molecule has 0 saturated heterocycles. The van der Waals surface area contributed by atoms with Crippen molar-refractivity contribution < 1.29 is 4.79 Å². The Morgan fingerprint density at radius 2 is 1.84 bits per heavy atom. The minimum Gasteiger partial charge on any atom is -0.337 e. The highest BCUT2D eigenvalue weighted by molar-refractivity contribution is 8.00. The molecule has 0 aliphatic carbocycles. The van der Waals surface area contributed by atoms with E-state index >= 15 is 0 Å². The SMILES string of the molecule is CCc1nc(S[C@@H](C)C(=O)N(C(C)C)C(C)C)n[nH]1. The first-order valence-electron chi connectivity index (χ1n) is 6.76. The fourth-order valence-corrected chi connectivity index (χ4v) is 2.81. The molecule has 1 rings (SSSR count). The molecule has 1 heterocycles. The van der Waals surface area contributed by atoms with Crippen LogP contribution in [0.4, 0.5) is 0 Å². The molecule has 0 fully saturated rings. The summed E-state index contributed by atoms with van der Waals surface area (Å²) in [6, 6.07) is 0.405. The molecule has 1 amide bonds. The molecule has 0 saturated carbocycles. The maximum absolute atomic E-state index is 12.4. The summed E-state index contributed by atoms with van der Waals surface area (Å²) in [5.41, 5.74) is 0. The highest BCUT2D eigenvalue weighted by Gasteiger charge is 2.26. The van der Waals surface area contributed by atoms with Gasteiger partial charge in [0.05, 0.1) is 5.25 Å². The van der Waals surface area contributed by atoms with Crippen LogP contribution in [-0.4, -0.2) is 43.3 Å². The molecule has 1 aromatic heterocycles. The number of H-pyrrole nitrogens is 1. The number of hydrogen-bond donors (Lipinski definition) is 1. The lowest BCUT2D eigenvalue weighted by Crippen LogP contribution is -2.45. The molecule has 0 unspecified atom stereocenters. The smallest absolute Gasteiger partial charge is 0.236 e. The number of aromatic amines is 1. The second-order valence-corrected chi connectivity index (χ2v) is 6.42. The lowest BCUT2D eigenvalue weighted by atomic mass is 10.2. The van der Waals surface area contributed by atoms with E-state index in [0.717, 1.165) is 12.2 Å². The van der Waals surface area contributed by atoms with Crippen molar-refractivity contribution in [3.05, 3.63) is 5.82 Å². The van der Waals surface area contributed by atoms with Crippen molar-refractivity contribution >= 4 is 17.7 Å². The van der Waals surface area contributed by atoms with Gasteiger partial charge in [-0.3, -0.25) is 9.89 Å². The van der Waals surface area contributed by atoms with Gasteiger partial charge in [0, 0.05) is 18.5 Å². The van der Waals surface area contributed by atoms with E-state index in [2.05, 4.69) is 15.2 Å². The Kier molecular flexibility index (Phi) is 5.85. The Morgan fingerprint density at radius 3 is 2.26 bits per heavy atom. The Balaban J connectivity index is 2.70. The number of rotatable bonds is 6. The van der Waals surface area contributed by atoms with Gasteiger partial charge in [0.2, 0.25) is 11.1 Å². The maximum atomic E-state index is 12.4. The van der Waals surface area contributed by atoms with E-state index in [9.17, 15) is 4.79 Å². The Morgan fingerprint density at radius 1 is 1.26 bits per heavy atom. The normalized spacial score (nSPS) is 13.1. The van der Waals surface area contributed by atoms with Crippen LogP contribution < -0.4 is 0 Å². The maximum Gasteiger partial charge on any atom is 0.236 e. The summed E-state index contributed by atoms with van der Waals surface area (Å²) in [4.78, 5) is 18.7. The van der Waals surface area contributed by atoms with E-state index < -0.39 is 0 Å². The van der Waals surface area contributed by atoms with Gasteiger partial charge in [-0.1, -0.05) is 18.7 Å². The summed E-state index contributed by atoms with van der Waals surface area (Å²) in [5.74, 6) is 0.990. The second kappa shape index (κ2) is 6.93. The molecule has 108 valence electrons. The largest absolute Gasteiger partial charge is 0.337 e. The third-order valence-corrected chi connectivity index (χ3v) is 3.79. The topological polar surface area (TPSA) is 61.9 Å². The molecule has 1 aromatic rings. The van der Waals surface area contributed by atoms with Crippen molar-refractivity contribution in [3.8, 4) is 0 Å². The minimum absolute atomic E-state index is 0.137. The quantitative estimate of drug-likeness (QED) is 0.815. The van der Waals surface area contributed by atoms with Crippen LogP contribution in [0.15, 0.2) is 5.16 Å². The number of carbonyl (C=O) groups excluding carboxylic acids is 1. The van der Waals surface area contributed by atoms with Crippen LogP contribution in [-0.2, 0) is 11.2 Å². The van der Waals surface area contributed by atoms with Gasteiger partial charge in [0.1, 0.15) is 5.82 Å². The molecule has 1 N–H and O–H groups in total. The number of aromatic nitrogens is 3. The van der Waals surface area contributed by atoms with Gasteiger partial charge in [0.15, 0.2) is 0 Å². The molecule has 5 nitrogen and oxygen atoms in total. The summed E-state index contributed by atoms with van der Waals surface area (Å²) >= 11 is 1.41. The molecule has 6 heteroatoms. The summed E-state index contributed by atoms with van der Waals surface area (Å²) in [7, 11) is 0. The van der Waals surface area contributed by atoms with Crippen LogP contribution >= 0.6 is 11.8 Å². The molecule has 0 radical (unpaired) electrons. The molecule has 0 spiro atoms. The molecular formula is C13H24N4OS. The lowest BCUT2D eigenvalue weighted by Gasteiger charge is -2.32. The van der Waals surface area contributed by atoms with Crippen molar-refractivity contribution in [2.24, 2.45) is 0 Å².